The van der Waals surface area contributed by atoms with Gasteiger partial charge in [-0.15, -0.1) is 11.6 Å². The predicted octanol–water partition coefficient (Wildman–Crippen LogP) is 0.963. The van der Waals surface area contributed by atoms with Crippen molar-refractivity contribution < 1.29 is 18.5 Å². The highest BCUT2D eigenvalue weighted by atomic mass is 35.5. The van der Waals surface area contributed by atoms with E-state index in [9.17, 15) is 9.00 Å². The van der Waals surface area contributed by atoms with Gasteiger partial charge in [0.1, 0.15) is 23.4 Å². The molecule has 1 unspecified atom stereocenters. The van der Waals surface area contributed by atoms with Crippen molar-refractivity contribution in [3.63, 3.8) is 0 Å². The van der Waals surface area contributed by atoms with Crippen molar-refractivity contribution in [3.8, 4) is 5.75 Å². The first-order valence-electron chi connectivity index (χ1n) is 7.52. The number of methoxy groups -OCH3 is 1. The van der Waals surface area contributed by atoms with Crippen molar-refractivity contribution in [2.45, 2.75) is 18.0 Å². The molecule has 2 N–H and O–H groups in total. The lowest BCUT2D eigenvalue weighted by atomic mass is 10.1. The number of nitrogens with zero attached hydrogens (tertiary/aromatic N) is 1. The van der Waals surface area contributed by atoms with Crippen molar-refractivity contribution in [2.75, 3.05) is 25.3 Å². The normalized spacial score (nSPS) is 25.8. The van der Waals surface area contributed by atoms with Crippen LogP contribution in [-0.4, -0.2) is 51.8 Å². The van der Waals surface area contributed by atoms with Gasteiger partial charge in [-0.2, -0.15) is 0 Å². The van der Waals surface area contributed by atoms with Crippen molar-refractivity contribution in [2.24, 2.45) is 5.73 Å². The summed E-state index contributed by atoms with van der Waals surface area (Å²) in [6.45, 7) is 0.638. The quantitative estimate of drug-likeness (QED) is 0.614. The number of carbonyl (C=O) groups excluding carboxylic acids is 1. The van der Waals surface area contributed by atoms with E-state index in [1.165, 1.54) is 0 Å². The molecule has 0 aliphatic carbocycles. The molecule has 1 aromatic carbocycles. The van der Waals surface area contributed by atoms with Crippen molar-refractivity contribution in [1.29, 1.82) is 0 Å². The second kappa shape index (κ2) is 7.13. The molecule has 0 amide bonds. The minimum atomic E-state index is -1.13. The van der Waals surface area contributed by atoms with Crippen LogP contribution in [0.3, 0.4) is 0 Å². The van der Waals surface area contributed by atoms with E-state index in [0.717, 1.165) is 11.3 Å². The molecule has 0 spiro atoms. The predicted molar refractivity (Wildman–Crippen MR) is 92.0 cm³/mol. The summed E-state index contributed by atoms with van der Waals surface area (Å²) in [5, 5.41) is -0.319. The lowest BCUT2D eigenvalue weighted by Gasteiger charge is -2.50. The van der Waals surface area contributed by atoms with Gasteiger partial charge in [-0.25, -0.2) is 4.79 Å². The summed E-state index contributed by atoms with van der Waals surface area (Å²) in [5.74, 6) is 0.710. The molecule has 1 aromatic rings. The van der Waals surface area contributed by atoms with Crippen molar-refractivity contribution >= 4 is 28.4 Å². The molecule has 0 radical (unpaired) electrons. The van der Waals surface area contributed by atoms with Crippen LogP contribution in [0.15, 0.2) is 35.5 Å². The Bertz CT molecular complexity index is 692. The average Bonchev–Trinajstić information content (AvgIpc) is 2.58. The number of nitrogens with two attached hydrogens (primary N) is 1. The Morgan fingerprint density at radius 2 is 2.12 bits per heavy atom. The smallest absolute Gasteiger partial charge is 0.355 e. The summed E-state index contributed by atoms with van der Waals surface area (Å²) in [6, 6.07) is 7.09. The summed E-state index contributed by atoms with van der Waals surface area (Å²) in [4.78, 5) is 14.3. The van der Waals surface area contributed by atoms with E-state index in [4.69, 9.17) is 26.8 Å². The fraction of sp³-hybridized carbons (Fsp3) is 0.438. The monoisotopic (exact) mass is 370 g/mol. The average molecular weight is 371 g/mol. The van der Waals surface area contributed by atoms with Crippen molar-refractivity contribution in [3.05, 3.63) is 41.1 Å². The zero-order valence-electron chi connectivity index (χ0n) is 13.2. The zero-order chi connectivity index (χ0) is 17.3. The maximum Gasteiger partial charge on any atom is 0.355 e. The zero-order valence-corrected chi connectivity index (χ0v) is 14.8. The molecule has 2 heterocycles. The molecule has 6 nitrogen and oxygen atoms in total. The molecule has 1 fully saturated rings. The van der Waals surface area contributed by atoms with Gasteiger partial charge in [0.25, 0.3) is 0 Å². The number of esters is 1. The maximum absolute atomic E-state index is 12.5. The van der Waals surface area contributed by atoms with Gasteiger partial charge < -0.3 is 20.1 Å². The van der Waals surface area contributed by atoms with E-state index < -0.39 is 16.8 Å². The molecule has 24 heavy (non-hydrogen) atoms. The van der Waals surface area contributed by atoms with Gasteiger partial charge in [0.15, 0.2) is 0 Å². The highest BCUT2D eigenvalue weighted by Gasteiger charge is 2.48. The van der Waals surface area contributed by atoms with Gasteiger partial charge in [0, 0.05) is 12.4 Å². The van der Waals surface area contributed by atoms with E-state index >= 15 is 0 Å². The Morgan fingerprint density at radius 3 is 2.71 bits per heavy atom. The highest BCUT2D eigenvalue weighted by molar-refractivity contribution is 7.86. The summed E-state index contributed by atoms with van der Waals surface area (Å²) in [6.07, 6.45) is 0. The molecule has 1 saturated heterocycles. The Labute approximate surface area is 148 Å². The molecule has 3 atom stereocenters. The molecule has 8 heteroatoms. The van der Waals surface area contributed by atoms with Crippen LogP contribution in [0, 0.1) is 0 Å². The van der Waals surface area contributed by atoms with E-state index in [1.807, 2.05) is 12.1 Å². The summed E-state index contributed by atoms with van der Waals surface area (Å²) in [7, 11) is 0.461. The van der Waals surface area contributed by atoms with Crippen LogP contribution < -0.4 is 10.5 Å². The third-order valence-corrected chi connectivity index (χ3v) is 6.27. The number of rotatable bonds is 5. The molecule has 2 aliphatic rings. The van der Waals surface area contributed by atoms with E-state index in [0.29, 0.717) is 17.8 Å². The second-order valence-corrected chi connectivity index (χ2v) is 7.54. The number of halogens is 1. The van der Waals surface area contributed by atoms with Gasteiger partial charge in [-0.1, -0.05) is 12.1 Å². The van der Waals surface area contributed by atoms with Gasteiger partial charge in [0.2, 0.25) is 0 Å². The number of hydrogen-bond donors (Lipinski definition) is 1. The number of ether oxygens (including phenoxy) is 2. The van der Waals surface area contributed by atoms with Crippen LogP contribution in [0.2, 0.25) is 0 Å². The van der Waals surface area contributed by atoms with E-state index in [1.54, 1.807) is 24.1 Å². The fourth-order valence-corrected chi connectivity index (χ4v) is 4.94. The van der Waals surface area contributed by atoms with Crippen molar-refractivity contribution in [1.82, 2.24) is 4.90 Å². The summed E-state index contributed by atoms with van der Waals surface area (Å²) >= 11 is 5.94. The highest BCUT2D eigenvalue weighted by Crippen LogP contribution is 2.33. The largest absolute Gasteiger partial charge is 0.497 e. The third-order valence-electron chi connectivity index (χ3n) is 4.17. The van der Waals surface area contributed by atoms with E-state index in [2.05, 4.69) is 0 Å². The lowest BCUT2D eigenvalue weighted by Crippen LogP contribution is -2.68. The molecule has 0 aromatic heterocycles. The SMILES string of the molecule is COc1ccc(COC(=O)C2=C(CCl)CS(=O)[C@@H]3[C@H](N)CN23)cc1. The third kappa shape index (κ3) is 3.16. The molecule has 2 aliphatic heterocycles. The molecule has 0 saturated carbocycles. The van der Waals surface area contributed by atoms with Crippen LogP contribution in [0.4, 0.5) is 0 Å². The Morgan fingerprint density at radius 1 is 1.42 bits per heavy atom. The first-order valence-corrected chi connectivity index (χ1v) is 9.44. The van der Waals surface area contributed by atoms with Crippen LogP contribution in [0.1, 0.15) is 5.56 Å². The van der Waals surface area contributed by atoms with E-state index in [-0.39, 0.29) is 29.7 Å². The van der Waals surface area contributed by atoms with Crippen LogP contribution in [0.25, 0.3) is 0 Å². The molecule has 130 valence electrons. The number of carbonyl (C=O) groups is 1. The van der Waals surface area contributed by atoms with Gasteiger partial charge >= 0.3 is 5.97 Å². The lowest BCUT2D eigenvalue weighted by molar-refractivity contribution is -0.143. The fourth-order valence-electron chi connectivity index (χ4n) is 2.90. The van der Waals surface area contributed by atoms with Gasteiger partial charge in [0.05, 0.1) is 29.7 Å². The van der Waals surface area contributed by atoms with Crippen LogP contribution >= 0.6 is 11.6 Å². The van der Waals surface area contributed by atoms with Gasteiger partial charge in [-0.05, 0) is 23.3 Å². The number of hydrogen-bond acceptors (Lipinski definition) is 6. The number of alkyl halides is 1. The van der Waals surface area contributed by atoms with Crippen LogP contribution in [0.5, 0.6) is 5.75 Å². The number of benzene rings is 1. The number of fused-ring (bicyclic) bond motifs is 1. The first kappa shape index (κ1) is 17.3. The standard InChI is InChI=1S/C16H19ClN2O4S/c1-22-12-4-2-10(3-5-12)8-23-16(20)14-11(6-17)9-24(21)15-13(18)7-19(14)15/h2-5,13,15H,6-9,18H2,1H3/t13-,15-,24?/m1/s1. The Hall–Kier alpha value is -1.57. The molecule has 3 rings (SSSR count). The topological polar surface area (TPSA) is 81.9 Å². The Balaban J connectivity index is 1.71. The van der Waals surface area contributed by atoms with Gasteiger partial charge in [-0.3, -0.25) is 4.21 Å². The summed E-state index contributed by atoms with van der Waals surface area (Å²) < 4.78 is 22.7. The second-order valence-electron chi connectivity index (χ2n) is 5.74. The first-order chi connectivity index (χ1) is 11.5. The molecular formula is C16H19ClN2O4S. The van der Waals surface area contributed by atoms with Crippen LogP contribution in [-0.2, 0) is 26.9 Å². The Kier molecular flexibility index (Phi) is 5.12. The minimum Gasteiger partial charge on any atom is -0.497 e. The maximum atomic E-state index is 12.5. The minimum absolute atomic E-state index is 0.148. The molecule has 0 bridgehead atoms. The molecular weight excluding hydrogens is 352 g/mol. The summed E-state index contributed by atoms with van der Waals surface area (Å²) in [5.41, 5.74) is 7.84.